The molecule has 0 aliphatic heterocycles. The molecule has 1 heterocycles. The van der Waals surface area contributed by atoms with Crippen molar-refractivity contribution in [2.75, 3.05) is 5.75 Å². The van der Waals surface area contributed by atoms with Gasteiger partial charge in [-0.3, -0.25) is 4.79 Å². The van der Waals surface area contributed by atoms with E-state index in [0.717, 1.165) is 25.9 Å². The van der Waals surface area contributed by atoms with Crippen LogP contribution in [-0.4, -0.2) is 21.8 Å². The molecule has 1 N–H and O–H groups in total. The predicted molar refractivity (Wildman–Crippen MR) is 104 cm³/mol. The fourth-order valence-electron chi connectivity index (χ4n) is 2.51. The van der Waals surface area contributed by atoms with Crippen LogP contribution in [0.2, 0.25) is 0 Å². The number of aliphatic carboxylic acids is 1. The van der Waals surface area contributed by atoms with Gasteiger partial charge < -0.3 is 9.84 Å². The number of hydrogen-bond donors (Lipinski definition) is 1. The number of fused-ring (bicyclic) bond motifs is 1. The van der Waals surface area contributed by atoms with Gasteiger partial charge in [0.25, 0.3) is 0 Å². The predicted octanol–water partition coefficient (Wildman–Crippen LogP) is 5.53. The maximum absolute atomic E-state index is 11.1. The molecule has 0 radical (unpaired) electrons. The van der Waals surface area contributed by atoms with E-state index in [4.69, 9.17) is 9.84 Å². The smallest absolute Gasteiger partial charge is 0.307 e. The minimum absolute atomic E-state index is 0.0537. The molecule has 0 fully saturated rings. The number of benzene rings is 2. The number of pyridine rings is 1. The van der Waals surface area contributed by atoms with Gasteiger partial charge in [-0.25, -0.2) is 4.98 Å². The number of thioether (sulfide) groups is 1. The Balaban J connectivity index is 2.00. The van der Waals surface area contributed by atoms with Crippen LogP contribution in [0.1, 0.15) is 12.5 Å². The summed E-state index contributed by atoms with van der Waals surface area (Å²) in [5.74, 6) is 1.19. The normalized spacial score (nSPS) is 10.8. The molecule has 0 aliphatic rings. The van der Waals surface area contributed by atoms with Gasteiger partial charge in [-0.2, -0.15) is 0 Å². The lowest BCUT2D eigenvalue weighted by Crippen LogP contribution is -2.00. The van der Waals surface area contributed by atoms with Crippen molar-refractivity contribution in [3.05, 3.63) is 58.7 Å². The van der Waals surface area contributed by atoms with Gasteiger partial charge in [-0.15, -0.1) is 11.8 Å². The van der Waals surface area contributed by atoms with Crippen molar-refractivity contribution < 1.29 is 14.6 Å². The zero-order chi connectivity index (χ0) is 17.8. The fraction of sp³-hybridized carbons (Fsp3) is 0.158. The third-order valence-electron chi connectivity index (χ3n) is 3.53. The summed E-state index contributed by atoms with van der Waals surface area (Å²) in [4.78, 5) is 16.5. The fourth-order valence-corrected chi connectivity index (χ4v) is 3.49. The zero-order valence-electron chi connectivity index (χ0n) is 13.5. The molecule has 0 unspecified atom stereocenters. The van der Waals surface area contributed by atoms with Gasteiger partial charge in [0.15, 0.2) is 0 Å². The summed E-state index contributed by atoms with van der Waals surface area (Å²) in [5, 5.41) is 10.9. The average Bonchev–Trinajstić information content (AvgIpc) is 2.57. The molecule has 0 spiro atoms. The number of ether oxygens (including phenoxy) is 1. The molecule has 4 nitrogen and oxygen atoms in total. The molecule has 0 saturated heterocycles. The highest BCUT2D eigenvalue weighted by molar-refractivity contribution is 9.10. The largest absolute Gasteiger partial charge is 0.481 e. The van der Waals surface area contributed by atoms with Crippen molar-refractivity contribution in [1.29, 1.82) is 0 Å². The van der Waals surface area contributed by atoms with Crippen LogP contribution in [0.4, 0.5) is 0 Å². The van der Waals surface area contributed by atoms with Crippen molar-refractivity contribution >= 4 is 44.4 Å². The first-order valence-electron chi connectivity index (χ1n) is 7.76. The molecular formula is C19H16BrNO3S. The Hall–Kier alpha value is -2.05. The molecule has 0 atom stereocenters. The Morgan fingerprint density at radius 2 is 2.08 bits per heavy atom. The Bertz CT molecular complexity index is 912. The SMILES string of the molecule is CCSc1ccc(Oc2cc(CC(=O)O)cc3ccc(Br)cc23)nc1. The van der Waals surface area contributed by atoms with Crippen LogP contribution >= 0.6 is 27.7 Å². The number of rotatable bonds is 6. The molecule has 3 rings (SSSR count). The molecule has 0 amide bonds. The van der Waals surface area contributed by atoms with Crippen molar-refractivity contribution in [3.63, 3.8) is 0 Å². The Morgan fingerprint density at radius 3 is 2.76 bits per heavy atom. The highest BCUT2D eigenvalue weighted by atomic mass is 79.9. The third kappa shape index (κ3) is 4.52. The maximum atomic E-state index is 11.1. The van der Waals surface area contributed by atoms with E-state index in [2.05, 4.69) is 27.8 Å². The summed E-state index contributed by atoms with van der Waals surface area (Å²) in [5.41, 5.74) is 0.690. The summed E-state index contributed by atoms with van der Waals surface area (Å²) in [6.07, 6.45) is 1.73. The van der Waals surface area contributed by atoms with Crippen molar-refractivity contribution in [2.45, 2.75) is 18.2 Å². The first-order chi connectivity index (χ1) is 12.0. The molecular weight excluding hydrogens is 402 g/mol. The lowest BCUT2D eigenvalue weighted by atomic mass is 10.0. The van der Waals surface area contributed by atoms with Gasteiger partial charge in [-0.05, 0) is 41.0 Å². The molecule has 3 aromatic rings. The Morgan fingerprint density at radius 1 is 1.24 bits per heavy atom. The number of hydrogen-bond acceptors (Lipinski definition) is 4. The molecule has 0 saturated carbocycles. The van der Waals surface area contributed by atoms with Gasteiger partial charge in [0.1, 0.15) is 5.75 Å². The van der Waals surface area contributed by atoms with E-state index in [-0.39, 0.29) is 6.42 Å². The van der Waals surface area contributed by atoms with Gasteiger partial charge in [0.05, 0.1) is 6.42 Å². The second-order valence-electron chi connectivity index (χ2n) is 5.40. The van der Waals surface area contributed by atoms with Crippen molar-refractivity contribution in [3.8, 4) is 11.6 Å². The number of carboxylic acids is 1. The highest BCUT2D eigenvalue weighted by Gasteiger charge is 2.10. The van der Waals surface area contributed by atoms with E-state index in [1.165, 1.54) is 0 Å². The van der Waals surface area contributed by atoms with E-state index >= 15 is 0 Å². The number of halogens is 1. The van der Waals surface area contributed by atoms with Crippen LogP contribution < -0.4 is 4.74 Å². The van der Waals surface area contributed by atoms with E-state index in [9.17, 15) is 4.79 Å². The quantitative estimate of drug-likeness (QED) is 0.534. The van der Waals surface area contributed by atoms with E-state index in [1.807, 2.05) is 36.4 Å². The number of carbonyl (C=O) groups is 1. The van der Waals surface area contributed by atoms with E-state index < -0.39 is 5.97 Å². The molecule has 0 bridgehead atoms. The summed E-state index contributed by atoms with van der Waals surface area (Å²) < 4.78 is 6.90. The summed E-state index contributed by atoms with van der Waals surface area (Å²) >= 11 is 5.18. The van der Waals surface area contributed by atoms with Gasteiger partial charge >= 0.3 is 5.97 Å². The lowest BCUT2D eigenvalue weighted by Gasteiger charge is -2.11. The topological polar surface area (TPSA) is 59.4 Å². The molecule has 0 aliphatic carbocycles. The minimum atomic E-state index is -0.874. The molecule has 2 aromatic carbocycles. The summed E-state index contributed by atoms with van der Waals surface area (Å²) in [6, 6.07) is 13.2. The van der Waals surface area contributed by atoms with Crippen LogP contribution in [0.25, 0.3) is 10.8 Å². The Kier molecular flexibility index (Phi) is 5.60. The average molecular weight is 418 g/mol. The van der Waals surface area contributed by atoms with Crippen molar-refractivity contribution in [2.24, 2.45) is 0 Å². The number of aromatic nitrogens is 1. The molecule has 1 aromatic heterocycles. The van der Waals surface area contributed by atoms with E-state index in [0.29, 0.717) is 17.2 Å². The van der Waals surface area contributed by atoms with Gasteiger partial charge in [0, 0.05) is 27.0 Å². The zero-order valence-corrected chi connectivity index (χ0v) is 15.9. The standard InChI is InChI=1S/C19H16BrNO3S/c1-2-25-15-5-6-18(21-11-15)24-17-8-12(9-19(22)23)7-13-3-4-14(20)10-16(13)17/h3-8,10-11H,2,9H2,1H3,(H,22,23). The molecule has 25 heavy (non-hydrogen) atoms. The van der Waals surface area contributed by atoms with Crippen molar-refractivity contribution in [1.82, 2.24) is 4.98 Å². The first kappa shape index (κ1) is 17.8. The van der Waals surface area contributed by atoms with Crippen LogP contribution in [0.3, 0.4) is 0 Å². The highest BCUT2D eigenvalue weighted by Crippen LogP contribution is 2.33. The number of nitrogens with zero attached hydrogens (tertiary/aromatic N) is 1. The number of carboxylic acid groups (broad SMARTS) is 1. The minimum Gasteiger partial charge on any atom is -0.481 e. The van der Waals surface area contributed by atoms with Crippen LogP contribution in [-0.2, 0) is 11.2 Å². The molecule has 6 heteroatoms. The Labute approximate surface area is 158 Å². The van der Waals surface area contributed by atoms with Crippen LogP contribution in [0.5, 0.6) is 11.6 Å². The van der Waals surface area contributed by atoms with E-state index in [1.54, 1.807) is 24.0 Å². The summed E-state index contributed by atoms with van der Waals surface area (Å²) in [6.45, 7) is 2.09. The van der Waals surface area contributed by atoms with Crippen LogP contribution in [0.15, 0.2) is 58.0 Å². The second kappa shape index (κ2) is 7.89. The maximum Gasteiger partial charge on any atom is 0.307 e. The molecule has 128 valence electrons. The lowest BCUT2D eigenvalue weighted by molar-refractivity contribution is -0.136. The second-order valence-corrected chi connectivity index (χ2v) is 7.65. The first-order valence-corrected chi connectivity index (χ1v) is 9.53. The van der Waals surface area contributed by atoms with Gasteiger partial charge in [-0.1, -0.05) is 35.0 Å². The third-order valence-corrected chi connectivity index (χ3v) is 4.89. The van der Waals surface area contributed by atoms with Gasteiger partial charge in [0.2, 0.25) is 5.88 Å². The monoisotopic (exact) mass is 417 g/mol. The van der Waals surface area contributed by atoms with Crippen LogP contribution in [0, 0.1) is 0 Å². The summed E-state index contributed by atoms with van der Waals surface area (Å²) in [7, 11) is 0.